The number of nitrogens with one attached hydrogen (secondary N) is 3. The second kappa shape index (κ2) is 9.16. The lowest BCUT2D eigenvalue weighted by molar-refractivity contribution is 0.322. The first-order valence-corrected chi connectivity index (χ1v) is 9.03. The molecule has 0 aliphatic heterocycles. The van der Waals surface area contributed by atoms with Crippen molar-refractivity contribution < 1.29 is 13.2 Å². The summed E-state index contributed by atoms with van der Waals surface area (Å²) in [6.07, 6.45) is 3.52. The lowest BCUT2D eigenvalue weighted by atomic mass is 10.3. The van der Waals surface area contributed by atoms with E-state index in [1.54, 1.807) is 31.3 Å². The van der Waals surface area contributed by atoms with Crippen LogP contribution in [0.4, 0.5) is 5.69 Å². The van der Waals surface area contributed by atoms with Crippen molar-refractivity contribution in [2.24, 2.45) is 4.99 Å². The summed E-state index contributed by atoms with van der Waals surface area (Å²) in [5.74, 6) is 1.48. The van der Waals surface area contributed by atoms with Gasteiger partial charge in [0, 0.05) is 18.8 Å². The highest BCUT2D eigenvalue weighted by molar-refractivity contribution is 14.0. The van der Waals surface area contributed by atoms with Crippen molar-refractivity contribution in [3.63, 3.8) is 0 Å². The van der Waals surface area contributed by atoms with Gasteiger partial charge in [0.05, 0.1) is 12.8 Å². The van der Waals surface area contributed by atoms with Crippen LogP contribution in [0, 0.1) is 0 Å². The van der Waals surface area contributed by atoms with Crippen molar-refractivity contribution in [1.82, 2.24) is 10.6 Å². The van der Waals surface area contributed by atoms with Crippen molar-refractivity contribution in [2.75, 3.05) is 31.2 Å². The number of nitrogens with zero attached hydrogens (tertiary/aromatic N) is 1. The fourth-order valence-electron chi connectivity index (χ4n) is 1.79. The molecule has 2 rings (SSSR count). The van der Waals surface area contributed by atoms with E-state index in [-0.39, 0.29) is 24.0 Å². The highest BCUT2D eigenvalue weighted by atomic mass is 127. The van der Waals surface area contributed by atoms with Gasteiger partial charge in [0.2, 0.25) is 10.0 Å². The minimum atomic E-state index is -3.25. The Morgan fingerprint density at radius 1 is 1.30 bits per heavy atom. The fraction of sp³-hybridized carbons (Fsp3) is 0.500. The molecule has 0 unspecified atom stereocenters. The maximum atomic E-state index is 11.1. The molecule has 1 aromatic rings. The van der Waals surface area contributed by atoms with E-state index in [1.165, 1.54) is 12.8 Å². The number of anilines is 1. The van der Waals surface area contributed by atoms with Crippen molar-refractivity contribution in [2.45, 2.75) is 18.9 Å². The van der Waals surface area contributed by atoms with E-state index < -0.39 is 10.0 Å². The van der Waals surface area contributed by atoms with Crippen LogP contribution >= 0.6 is 24.0 Å². The van der Waals surface area contributed by atoms with Crippen LogP contribution in [-0.2, 0) is 10.0 Å². The number of benzene rings is 1. The molecule has 7 nitrogen and oxygen atoms in total. The van der Waals surface area contributed by atoms with Gasteiger partial charge in [-0.25, -0.2) is 8.42 Å². The quantitative estimate of drug-likeness (QED) is 0.251. The van der Waals surface area contributed by atoms with E-state index in [0.29, 0.717) is 30.6 Å². The number of sulfonamides is 1. The Bertz CT molecular complexity index is 615. The molecule has 3 N–H and O–H groups in total. The first kappa shape index (κ1) is 19.8. The third-order valence-corrected chi connectivity index (χ3v) is 3.57. The van der Waals surface area contributed by atoms with E-state index in [1.807, 2.05) is 0 Å². The first-order valence-electron chi connectivity index (χ1n) is 7.14. The Hall–Kier alpha value is -1.23. The van der Waals surface area contributed by atoms with Crippen LogP contribution in [-0.4, -0.2) is 46.9 Å². The number of ether oxygens (including phenoxy) is 1. The van der Waals surface area contributed by atoms with Gasteiger partial charge in [-0.15, -0.1) is 24.0 Å². The summed E-state index contributed by atoms with van der Waals surface area (Å²) in [5.41, 5.74) is 0.516. The molecule has 0 amide bonds. The summed E-state index contributed by atoms with van der Waals surface area (Å²) in [7, 11) is -1.51. The lowest BCUT2D eigenvalue weighted by Gasteiger charge is -2.12. The van der Waals surface area contributed by atoms with Crippen LogP contribution in [0.25, 0.3) is 0 Å². The average molecular weight is 454 g/mol. The van der Waals surface area contributed by atoms with Gasteiger partial charge in [-0.05, 0) is 37.1 Å². The molecule has 9 heteroatoms. The zero-order chi connectivity index (χ0) is 16.0. The van der Waals surface area contributed by atoms with E-state index in [4.69, 9.17) is 4.74 Å². The fourth-order valence-corrected chi connectivity index (χ4v) is 2.35. The van der Waals surface area contributed by atoms with Crippen LogP contribution < -0.4 is 20.1 Å². The summed E-state index contributed by atoms with van der Waals surface area (Å²) in [5, 5.41) is 6.46. The predicted molar refractivity (Wildman–Crippen MR) is 103 cm³/mol. The Morgan fingerprint density at radius 2 is 1.96 bits per heavy atom. The summed E-state index contributed by atoms with van der Waals surface area (Å²) in [6.45, 7) is 1.12. The number of guanidine groups is 1. The molecule has 1 aliphatic rings. The molecule has 0 atom stereocenters. The van der Waals surface area contributed by atoms with Gasteiger partial charge in [-0.1, -0.05) is 0 Å². The number of hydrogen-bond donors (Lipinski definition) is 3. The maximum absolute atomic E-state index is 11.1. The molecule has 1 aromatic carbocycles. The van der Waals surface area contributed by atoms with Crippen molar-refractivity contribution in [1.29, 1.82) is 0 Å². The van der Waals surface area contributed by atoms with Crippen LogP contribution in [0.3, 0.4) is 0 Å². The molecule has 1 aliphatic carbocycles. The van der Waals surface area contributed by atoms with E-state index in [2.05, 4.69) is 20.3 Å². The van der Waals surface area contributed by atoms with Crippen LogP contribution in [0.5, 0.6) is 5.75 Å². The van der Waals surface area contributed by atoms with Crippen molar-refractivity contribution in [3.8, 4) is 5.75 Å². The monoisotopic (exact) mass is 454 g/mol. The molecule has 0 radical (unpaired) electrons. The van der Waals surface area contributed by atoms with Gasteiger partial charge in [0.15, 0.2) is 5.96 Å². The summed E-state index contributed by atoms with van der Waals surface area (Å²) >= 11 is 0. The number of halogens is 1. The Morgan fingerprint density at radius 3 is 2.48 bits per heavy atom. The van der Waals surface area contributed by atoms with Crippen LogP contribution in [0.2, 0.25) is 0 Å². The van der Waals surface area contributed by atoms with Gasteiger partial charge >= 0.3 is 0 Å². The Labute approximate surface area is 154 Å². The maximum Gasteiger partial charge on any atom is 0.229 e. The molecule has 23 heavy (non-hydrogen) atoms. The summed E-state index contributed by atoms with van der Waals surface area (Å²) in [6, 6.07) is 7.34. The highest BCUT2D eigenvalue weighted by Gasteiger charge is 2.21. The number of aliphatic imine (C=N–C) groups is 1. The normalized spacial score (nSPS) is 14.6. The smallest absolute Gasteiger partial charge is 0.229 e. The van der Waals surface area contributed by atoms with E-state index in [0.717, 1.165) is 12.2 Å². The van der Waals surface area contributed by atoms with Gasteiger partial charge in [-0.3, -0.25) is 9.71 Å². The third kappa shape index (κ3) is 8.26. The summed E-state index contributed by atoms with van der Waals surface area (Å²) < 4.78 is 30.2. The zero-order valence-corrected chi connectivity index (χ0v) is 16.4. The van der Waals surface area contributed by atoms with E-state index >= 15 is 0 Å². The SMILES string of the molecule is CN=C(NCCOc1ccc(NS(C)(=O)=O)cc1)NC1CC1.I. The molecule has 1 saturated carbocycles. The summed E-state index contributed by atoms with van der Waals surface area (Å²) in [4.78, 5) is 4.13. The standard InChI is InChI=1S/C14H22N4O3S.HI/c1-15-14(17-11-3-4-11)16-9-10-21-13-7-5-12(6-8-13)18-22(2,19)20;/h5-8,11,18H,3-4,9-10H2,1-2H3,(H2,15,16,17);1H. The van der Waals surface area contributed by atoms with Crippen LogP contribution in [0.1, 0.15) is 12.8 Å². The minimum absolute atomic E-state index is 0. The molecule has 0 aromatic heterocycles. The third-order valence-electron chi connectivity index (χ3n) is 2.96. The average Bonchev–Trinajstić information content (AvgIpc) is 3.26. The number of rotatable bonds is 7. The van der Waals surface area contributed by atoms with Crippen LogP contribution in [0.15, 0.2) is 29.3 Å². The molecule has 0 heterocycles. The largest absolute Gasteiger partial charge is 0.492 e. The van der Waals surface area contributed by atoms with E-state index in [9.17, 15) is 8.42 Å². The topological polar surface area (TPSA) is 91.8 Å². The molecular weight excluding hydrogens is 431 g/mol. The molecule has 1 fully saturated rings. The molecule has 0 saturated heterocycles. The highest BCUT2D eigenvalue weighted by Crippen LogP contribution is 2.18. The number of hydrogen-bond acceptors (Lipinski definition) is 4. The molecular formula is C14H23IN4O3S. The molecule has 0 spiro atoms. The second-order valence-corrected chi connectivity index (χ2v) is 6.91. The lowest BCUT2D eigenvalue weighted by Crippen LogP contribution is -2.40. The predicted octanol–water partition coefficient (Wildman–Crippen LogP) is 1.38. The Kier molecular flexibility index (Phi) is 7.89. The minimum Gasteiger partial charge on any atom is -0.492 e. The second-order valence-electron chi connectivity index (χ2n) is 5.16. The molecule has 0 bridgehead atoms. The Balaban J connectivity index is 0.00000264. The van der Waals surface area contributed by atoms with Crippen molar-refractivity contribution in [3.05, 3.63) is 24.3 Å². The zero-order valence-electron chi connectivity index (χ0n) is 13.2. The van der Waals surface area contributed by atoms with Gasteiger partial charge in [0.1, 0.15) is 12.4 Å². The van der Waals surface area contributed by atoms with Gasteiger partial charge < -0.3 is 15.4 Å². The van der Waals surface area contributed by atoms with Gasteiger partial charge in [-0.2, -0.15) is 0 Å². The molecule has 130 valence electrons. The first-order chi connectivity index (χ1) is 10.5. The van der Waals surface area contributed by atoms with Crippen molar-refractivity contribution >= 4 is 45.6 Å². The van der Waals surface area contributed by atoms with Gasteiger partial charge in [0.25, 0.3) is 0 Å².